The normalized spacial score (nSPS) is 12.2. The summed E-state index contributed by atoms with van der Waals surface area (Å²) in [4.78, 5) is 15.9. The smallest absolute Gasteiger partial charge is 0.222 e. The summed E-state index contributed by atoms with van der Waals surface area (Å²) in [6.45, 7) is 4.25. The molecular weight excluding hydrogens is 279 g/mol. The molecule has 0 aliphatic heterocycles. The van der Waals surface area contributed by atoms with Crippen molar-refractivity contribution >= 4 is 5.91 Å². The van der Waals surface area contributed by atoms with Gasteiger partial charge in [0.05, 0.1) is 0 Å². The Labute approximate surface area is 130 Å². The van der Waals surface area contributed by atoms with Gasteiger partial charge in [0.15, 0.2) is 0 Å². The Kier molecular flexibility index (Phi) is 5.64. The molecule has 1 aromatic heterocycles. The van der Waals surface area contributed by atoms with Crippen LogP contribution < -0.4 is 5.32 Å². The molecule has 0 saturated heterocycles. The van der Waals surface area contributed by atoms with Crippen LogP contribution in [0.15, 0.2) is 48.8 Å². The number of carbonyl (C=O) groups excluding carboxylic acids is 1. The summed E-state index contributed by atoms with van der Waals surface area (Å²) in [6, 6.07) is 10.4. The van der Waals surface area contributed by atoms with Crippen LogP contribution in [0.5, 0.6) is 0 Å². The lowest BCUT2D eigenvalue weighted by molar-refractivity contribution is -0.124. The largest absolute Gasteiger partial charge is 0.355 e. The fraction of sp³-hybridized carbons (Fsp3) is 0.333. The Morgan fingerprint density at radius 2 is 1.95 bits per heavy atom. The Morgan fingerprint density at radius 1 is 1.23 bits per heavy atom. The third-order valence-corrected chi connectivity index (χ3v) is 3.59. The average molecular weight is 300 g/mol. The van der Waals surface area contributed by atoms with Gasteiger partial charge in [0.2, 0.25) is 5.91 Å². The zero-order valence-electron chi connectivity index (χ0n) is 12.9. The van der Waals surface area contributed by atoms with Crippen molar-refractivity contribution in [3.05, 3.63) is 65.7 Å². The first-order valence-electron chi connectivity index (χ1n) is 7.48. The molecule has 0 bridgehead atoms. The van der Waals surface area contributed by atoms with Crippen LogP contribution in [0.3, 0.4) is 0 Å². The summed E-state index contributed by atoms with van der Waals surface area (Å²) in [6.07, 6.45) is 4.30. The van der Waals surface area contributed by atoms with Gasteiger partial charge >= 0.3 is 0 Å². The van der Waals surface area contributed by atoms with Gasteiger partial charge < -0.3 is 5.32 Å². The first kappa shape index (κ1) is 16.1. The zero-order valence-corrected chi connectivity index (χ0v) is 12.9. The van der Waals surface area contributed by atoms with Crippen molar-refractivity contribution in [3.63, 3.8) is 0 Å². The second-order valence-corrected chi connectivity index (χ2v) is 5.71. The van der Waals surface area contributed by atoms with Crippen LogP contribution in [-0.2, 0) is 11.2 Å². The maximum atomic E-state index is 13.1. The van der Waals surface area contributed by atoms with E-state index in [1.54, 1.807) is 18.3 Å². The van der Waals surface area contributed by atoms with Crippen molar-refractivity contribution < 1.29 is 9.18 Å². The van der Waals surface area contributed by atoms with Gasteiger partial charge in [0.1, 0.15) is 5.82 Å². The maximum Gasteiger partial charge on any atom is 0.222 e. The Bertz CT molecular complexity index is 596. The van der Waals surface area contributed by atoms with Crippen molar-refractivity contribution in [2.24, 2.45) is 5.92 Å². The first-order chi connectivity index (χ1) is 10.6. The molecular formula is C18H21FN2O. The quantitative estimate of drug-likeness (QED) is 0.889. The molecule has 0 aliphatic carbocycles. The Balaban J connectivity index is 2.13. The van der Waals surface area contributed by atoms with Crippen molar-refractivity contribution in [1.29, 1.82) is 0 Å². The number of benzene rings is 1. The molecule has 1 aromatic carbocycles. The molecule has 1 amide bonds. The fourth-order valence-corrected chi connectivity index (χ4v) is 2.27. The molecule has 3 nitrogen and oxygen atoms in total. The van der Waals surface area contributed by atoms with Gasteiger partial charge in [0.25, 0.3) is 0 Å². The minimum atomic E-state index is -0.255. The van der Waals surface area contributed by atoms with Crippen LogP contribution in [0.2, 0.25) is 0 Å². The molecule has 0 saturated carbocycles. The van der Waals surface area contributed by atoms with Gasteiger partial charge in [-0.2, -0.15) is 0 Å². The second-order valence-electron chi connectivity index (χ2n) is 5.71. The molecule has 1 atom stereocenters. The van der Waals surface area contributed by atoms with Gasteiger partial charge in [-0.15, -0.1) is 0 Å². The van der Waals surface area contributed by atoms with Crippen LogP contribution in [0.1, 0.15) is 30.9 Å². The molecule has 0 radical (unpaired) electrons. The van der Waals surface area contributed by atoms with Crippen LogP contribution in [0.4, 0.5) is 4.39 Å². The molecule has 0 aliphatic rings. The number of hydrogen-bond donors (Lipinski definition) is 1. The van der Waals surface area contributed by atoms with E-state index in [-0.39, 0.29) is 23.6 Å². The highest BCUT2D eigenvalue weighted by Gasteiger charge is 2.15. The number of carbonyl (C=O) groups is 1. The minimum Gasteiger partial charge on any atom is -0.355 e. The van der Waals surface area contributed by atoms with E-state index in [9.17, 15) is 9.18 Å². The Hall–Kier alpha value is -2.23. The SMILES string of the molecule is CC(C)C(=O)NCC(Cc1cccnc1)c1ccc(F)cc1. The van der Waals surface area contributed by atoms with Crippen LogP contribution in [0, 0.1) is 11.7 Å². The first-order valence-corrected chi connectivity index (χ1v) is 7.48. The van der Waals surface area contributed by atoms with Crippen molar-refractivity contribution in [2.45, 2.75) is 26.2 Å². The van der Waals surface area contributed by atoms with Gasteiger partial charge in [-0.05, 0) is 35.7 Å². The monoisotopic (exact) mass is 300 g/mol. The standard InChI is InChI=1S/C18H21FN2O/c1-13(2)18(22)21-12-16(10-14-4-3-9-20-11-14)15-5-7-17(19)8-6-15/h3-9,11,13,16H,10,12H2,1-2H3,(H,21,22). The van der Waals surface area contributed by atoms with Gasteiger partial charge in [-0.1, -0.05) is 32.0 Å². The highest BCUT2D eigenvalue weighted by molar-refractivity contribution is 5.77. The topological polar surface area (TPSA) is 42.0 Å². The van der Waals surface area contributed by atoms with Gasteiger partial charge in [-0.25, -0.2) is 4.39 Å². The lowest BCUT2D eigenvalue weighted by Gasteiger charge is -2.19. The molecule has 1 N–H and O–H groups in total. The molecule has 2 rings (SSSR count). The van der Waals surface area contributed by atoms with E-state index >= 15 is 0 Å². The van der Waals surface area contributed by atoms with Crippen LogP contribution >= 0.6 is 0 Å². The predicted molar refractivity (Wildman–Crippen MR) is 84.9 cm³/mol. The lowest BCUT2D eigenvalue weighted by Crippen LogP contribution is -2.32. The van der Waals surface area contributed by atoms with Crippen molar-refractivity contribution in [1.82, 2.24) is 10.3 Å². The summed E-state index contributed by atoms with van der Waals surface area (Å²) < 4.78 is 13.1. The molecule has 4 heteroatoms. The van der Waals surface area contributed by atoms with Gasteiger partial charge in [-0.3, -0.25) is 9.78 Å². The second kappa shape index (κ2) is 7.69. The summed E-state index contributed by atoms with van der Waals surface area (Å²) in [7, 11) is 0. The number of rotatable bonds is 6. The summed E-state index contributed by atoms with van der Waals surface area (Å²) in [5.74, 6) is -0.187. The maximum absolute atomic E-state index is 13.1. The number of nitrogens with zero attached hydrogens (tertiary/aromatic N) is 1. The third-order valence-electron chi connectivity index (χ3n) is 3.59. The minimum absolute atomic E-state index is 0.0262. The summed E-state index contributed by atoms with van der Waals surface area (Å²) in [5, 5.41) is 2.96. The van der Waals surface area contributed by atoms with E-state index in [4.69, 9.17) is 0 Å². The van der Waals surface area contributed by atoms with E-state index in [1.807, 2.05) is 32.2 Å². The summed E-state index contributed by atoms with van der Waals surface area (Å²) >= 11 is 0. The van der Waals surface area contributed by atoms with Gasteiger partial charge in [0, 0.05) is 30.8 Å². The molecule has 116 valence electrons. The van der Waals surface area contributed by atoms with Crippen molar-refractivity contribution in [2.75, 3.05) is 6.54 Å². The van der Waals surface area contributed by atoms with E-state index in [0.29, 0.717) is 6.54 Å². The number of pyridine rings is 1. The summed E-state index contributed by atoms with van der Waals surface area (Å²) in [5.41, 5.74) is 2.10. The number of aromatic nitrogens is 1. The third kappa shape index (κ3) is 4.65. The average Bonchev–Trinajstić information content (AvgIpc) is 2.53. The van der Waals surface area contributed by atoms with E-state index in [1.165, 1.54) is 12.1 Å². The highest BCUT2D eigenvalue weighted by atomic mass is 19.1. The molecule has 2 aromatic rings. The Morgan fingerprint density at radius 3 is 2.55 bits per heavy atom. The number of halogens is 1. The number of hydrogen-bond acceptors (Lipinski definition) is 2. The molecule has 0 fully saturated rings. The molecule has 1 unspecified atom stereocenters. The number of amides is 1. The van der Waals surface area contributed by atoms with Crippen LogP contribution in [0.25, 0.3) is 0 Å². The molecule has 0 spiro atoms. The zero-order chi connectivity index (χ0) is 15.9. The predicted octanol–water partition coefficient (Wildman–Crippen LogP) is 3.32. The highest BCUT2D eigenvalue weighted by Crippen LogP contribution is 2.20. The molecule has 22 heavy (non-hydrogen) atoms. The van der Waals surface area contributed by atoms with Crippen LogP contribution in [-0.4, -0.2) is 17.4 Å². The fourth-order valence-electron chi connectivity index (χ4n) is 2.27. The lowest BCUT2D eigenvalue weighted by atomic mass is 9.92. The van der Waals surface area contributed by atoms with E-state index in [0.717, 1.165) is 17.5 Å². The molecule has 1 heterocycles. The van der Waals surface area contributed by atoms with E-state index in [2.05, 4.69) is 10.3 Å². The van der Waals surface area contributed by atoms with Crippen molar-refractivity contribution in [3.8, 4) is 0 Å². The van der Waals surface area contributed by atoms with E-state index < -0.39 is 0 Å². The number of nitrogens with one attached hydrogen (secondary N) is 1.